The second kappa shape index (κ2) is 8.92. The SMILES string of the molecule is CCN(C)C(C)(C)c1c(OC)c(C)cc2nc3c(cc12)Cn1c-3cc2c(c1=O)COC(=O)[C@]2(O)CC(C)C.[HH].[HH].[HH].[HH].[HH].[HH].[HH].[HH].[HH].[HH].[HH].[HH].[HH].[HH].[HH].[HH].[HH].[HH].[HH].[HH].[HH].[HH].[HH].[HH].[HH].[HH].[HH].[HH].[HH].[HH].[HH].[HH].[HH].[HH].[HH].[HH].[HH].[HH].[HH].[HH].[HH].[HH].[HH].[HH].[HH].[HH].[HH].[HH].[HH].[HH].[HH].[HH].[HH].[HH].[HH].[HH].[HH].[HH].[HH].[HH].[HH].[HH].[HH].[HH].[HH].[HH].[HH].[HH].[HH].[HH].[HH].[HH].[HH].[HH].[HH].[HH].[HH].[HH].[HH].[HH].[HH].[HH].[HH].[HH].[HH].[HH].[HH].[HH].[HH]. The van der Waals surface area contributed by atoms with Gasteiger partial charge >= 0.3 is 5.97 Å². The van der Waals surface area contributed by atoms with Gasteiger partial charge < -0.3 is 19.1 Å². The number of methoxy groups -OCH3 is 1. The lowest BCUT2D eigenvalue weighted by Crippen LogP contribution is -2.45. The molecule has 2 aliphatic heterocycles. The quantitative estimate of drug-likeness (QED) is 0.200. The van der Waals surface area contributed by atoms with E-state index in [-0.39, 0.29) is 157 Å². The van der Waals surface area contributed by atoms with E-state index in [4.69, 9.17) is 14.5 Å². The first kappa shape index (κ1) is 26.4. The van der Waals surface area contributed by atoms with Crippen molar-refractivity contribution in [3.05, 3.63) is 56.4 Å². The summed E-state index contributed by atoms with van der Waals surface area (Å²) in [5.41, 5.74) is 3.29. The van der Waals surface area contributed by atoms with Crippen LogP contribution in [0.1, 0.15) is 196 Å². The molecular weight excluding hydrogens is 482 g/mol. The van der Waals surface area contributed by atoms with Crippen LogP contribution in [0.5, 0.6) is 5.75 Å². The average molecular weight is 699 g/mol. The molecule has 8 heteroatoms. The van der Waals surface area contributed by atoms with Crippen molar-refractivity contribution in [2.45, 2.75) is 72.3 Å². The number of aromatic nitrogens is 2. The maximum atomic E-state index is 13.7. The summed E-state index contributed by atoms with van der Waals surface area (Å²) in [5, 5.41) is 12.5. The number of carbonyl (C=O) groups is 1. The lowest BCUT2D eigenvalue weighted by molar-refractivity contribution is -0.174. The van der Waals surface area contributed by atoms with Gasteiger partial charge in [-0.1, -0.05) is 20.8 Å². The first-order valence-corrected chi connectivity index (χ1v) is 13.2. The lowest BCUT2D eigenvalue weighted by Gasteiger charge is -2.37. The summed E-state index contributed by atoms with van der Waals surface area (Å²) in [6.07, 6.45) is 0.169. The standard InChI is InChI=1S/C30H37N3O5.89H2/c1-9-32(7)29(5,6)24-19-11-18-14-33-23(25(18)31-22(19)10-17(4)26(24)37-8)12-21-20(27(33)34)15-38-28(35)30(21,36)13-16(2)3;;;;;;;;;;;;;;;;;;;;;;;;;;;;;;;;;;;;;;;;;;;;;;;;;;;;;;;;;;;;;;;;;;;;;;;;;;;;;;;;;;;;;;;;;/h10-12,16,36H,9,13-15H2,1-8H3;89*1H/t30-;;;;;;;;;;;;;;;;;;;;;;;;;;;;;;;;;;;;;;;;;;;;;;;;;;;;;;;;;;;;;;;;;;;;;;;;;;;;;;;;;;;;;;;;;/m0........................................................................................./s1. The predicted octanol–water partition coefficient (Wildman–Crippen LogP) is 26.1. The molecule has 8 nitrogen and oxygen atoms in total. The summed E-state index contributed by atoms with van der Waals surface area (Å²) < 4.78 is 12.9. The second-order valence-electron chi connectivity index (χ2n) is 11.6. The van der Waals surface area contributed by atoms with Gasteiger partial charge in [0.15, 0.2) is 5.60 Å². The number of carbonyl (C=O) groups excluding carboxylic acids is 1. The second-order valence-corrected chi connectivity index (χ2v) is 11.6. The summed E-state index contributed by atoms with van der Waals surface area (Å²) in [6, 6.07) is 5.91. The monoisotopic (exact) mass is 699 g/mol. The number of hydrogen-bond donors (Lipinski definition) is 1. The van der Waals surface area contributed by atoms with E-state index in [2.05, 4.69) is 38.8 Å². The maximum Gasteiger partial charge on any atom is 0.343 e. The molecule has 1 aromatic carbocycles. The molecule has 0 spiro atoms. The number of rotatable bonds is 6. The molecule has 0 saturated heterocycles. The summed E-state index contributed by atoms with van der Waals surface area (Å²) in [5.74, 6) is 0.148. The largest absolute Gasteiger partial charge is 0.496 e. The number of ether oxygens (including phenoxy) is 2. The Balaban J connectivity index is -0.00000000239. The fourth-order valence-corrected chi connectivity index (χ4v) is 6.14. The van der Waals surface area contributed by atoms with Crippen LogP contribution in [0, 0.1) is 12.8 Å². The first-order valence-electron chi connectivity index (χ1n) is 13.2. The van der Waals surface area contributed by atoms with E-state index in [1.165, 1.54) is 0 Å². The van der Waals surface area contributed by atoms with Crippen LogP contribution in [0.15, 0.2) is 23.0 Å². The Morgan fingerprint density at radius 2 is 2.00 bits per heavy atom. The minimum absolute atomic E-state index is 0. The van der Waals surface area contributed by atoms with E-state index in [0.717, 1.165) is 39.9 Å². The van der Waals surface area contributed by atoms with E-state index < -0.39 is 11.6 Å². The van der Waals surface area contributed by atoms with Crippen LogP contribution in [0.2, 0.25) is 0 Å². The molecule has 2 aromatic heterocycles. The molecule has 38 heavy (non-hydrogen) atoms. The zero-order chi connectivity index (χ0) is 27.7. The van der Waals surface area contributed by atoms with Crippen molar-refractivity contribution in [3.63, 3.8) is 0 Å². The van der Waals surface area contributed by atoms with Crippen LogP contribution in [-0.2, 0) is 33.8 Å². The van der Waals surface area contributed by atoms with Crippen LogP contribution < -0.4 is 10.3 Å². The fraction of sp³-hybridized carbons (Fsp3) is 0.500. The number of fused-ring (bicyclic) bond motifs is 5. The molecule has 0 radical (unpaired) electrons. The van der Waals surface area contributed by atoms with Crippen LogP contribution >= 0.6 is 0 Å². The van der Waals surface area contributed by atoms with Gasteiger partial charge in [-0.2, -0.15) is 0 Å². The van der Waals surface area contributed by atoms with E-state index >= 15 is 0 Å². The Labute approximate surface area is 355 Å². The minimum Gasteiger partial charge on any atom is -0.496 e. The highest BCUT2D eigenvalue weighted by Gasteiger charge is 2.47. The summed E-state index contributed by atoms with van der Waals surface area (Å²) >= 11 is 0. The summed E-state index contributed by atoms with van der Waals surface area (Å²) in [6.45, 7) is 13.4. The zero-order valence-electron chi connectivity index (χ0n) is 23.6. The third-order valence-electron chi connectivity index (χ3n) is 8.39. The van der Waals surface area contributed by atoms with Gasteiger partial charge in [-0.3, -0.25) is 9.69 Å². The van der Waals surface area contributed by atoms with E-state index in [9.17, 15) is 14.7 Å². The number of aryl methyl sites for hydroxylation is 1. The van der Waals surface area contributed by atoms with Crippen LogP contribution in [0.25, 0.3) is 22.3 Å². The number of benzene rings is 1. The molecule has 1 N–H and O–H groups in total. The highest BCUT2D eigenvalue weighted by molar-refractivity contribution is 5.91. The van der Waals surface area contributed by atoms with E-state index in [1.807, 2.05) is 26.8 Å². The Morgan fingerprint density at radius 3 is 2.63 bits per heavy atom. The molecule has 0 saturated carbocycles. The average Bonchev–Trinajstić information content (AvgIpc) is 3.21. The van der Waals surface area contributed by atoms with Crippen molar-refractivity contribution in [2.75, 3.05) is 20.7 Å². The number of cyclic esters (lactones) is 1. The third-order valence-corrected chi connectivity index (χ3v) is 8.39. The number of hydrogen-bond acceptors (Lipinski definition) is 7. The highest BCUT2D eigenvalue weighted by atomic mass is 16.6. The molecule has 4 heterocycles. The number of pyridine rings is 2. The summed E-state index contributed by atoms with van der Waals surface area (Å²) in [7, 11) is 3.79. The van der Waals surface area contributed by atoms with Crippen molar-refractivity contribution in [1.82, 2.24) is 14.5 Å². The molecule has 5 rings (SSSR count). The van der Waals surface area contributed by atoms with Crippen molar-refractivity contribution >= 4 is 16.9 Å². The molecule has 3 aromatic rings. The van der Waals surface area contributed by atoms with Gasteiger partial charge in [-0.05, 0) is 70.5 Å². The van der Waals surface area contributed by atoms with Gasteiger partial charge in [0.2, 0.25) is 0 Å². The molecule has 0 fully saturated rings. The Hall–Kier alpha value is -3.23. The van der Waals surface area contributed by atoms with Gasteiger partial charge in [0.25, 0.3) is 5.56 Å². The highest BCUT2D eigenvalue weighted by Crippen LogP contribution is 2.44. The maximum absolute atomic E-state index is 13.7. The Kier molecular flexibility index (Phi) is 6.19. The molecule has 2 aliphatic rings. The van der Waals surface area contributed by atoms with Crippen molar-refractivity contribution in [2.24, 2.45) is 5.92 Å². The fourth-order valence-electron chi connectivity index (χ4n) is 6.14. The van der Waals surface area contributed by atoms with E-state index in [0.29, 0.717) is 29.1 Å². The van der Waals surface area contributed by atoms with Gasteiger partial charge in [0.1, 0.15) is 12.4 Å². The number of esters is 1. The van der Waals surface area contributed by atoms with Crippen molar-refractivity contribution < 1.29 is 146 Å². The van der Waals surface area contributed by atoms with Gasteiger partial charge in [0, 0.05) is 155 Å². The van der Waals surface area contributed by atoms with E-state index in [1.54, 1.807) is 17.7 Å². The molecule has 1 atom stereocenters. The Morgan fingerprint density at radius 1 is 1.29 bits per heavy atom. The Bertz CT molecular complexity index is 1650. The first-order chi connectivity index (χ1) is 17.8. The van der Waals surface area contributed by atoms with Crippen LogP contribution in [-0.4, -0.2) is 46.2 Å². The number of aliphatic hydroxyl groups is 1. The molecule has 0 aliphatic carbocycles. The molecule has 380 valence electrons. The zero-order valence-corrected chi connectivity index (χ0v) is 23.6. The predicted molar refractivity (Wildman–Crippen MR) is 334 cm³/mol. The van der Waals surface area contributed by atoms with Crippen LogP contribution in [0.4, 0.5) is 0 Å². The third kappa shape index (κ3) is 3.68. The minimum atomic E-state index is -1.86. The topological polar surface area (TPSA) is 93.9 Å². The van der Waals surface area contributed by atoms with Gasteiger partial charge in [0.05, 0.1) is 36.1 Å². The van der Waals surface area contributed by atoms with Crippen molar-refractivity contribution in [3.8, 4) is 17.1 Å². The van der Waals surface area contributed by atoms with Gasteiger partial charge in [-0.25, -0.2) is 9.78 Å². The molecule has 0 amide bonds. The molecule has 0 bridgehead atoms. The number of nitrogens with zero attached hydrogens (tertiary/aromatic N) is 3. The summed E-state index contributed by atoms with van der Waals surface area (Å²) in [4.78, 5) is 33.8. The normalized spacial score (nSPS) is 18.6. The van der Waals surface area contributed by atoms with Crippen LogP contribution in [0.3, 0.4) is 0 Å². The lowest BCUT2D eigenvalue weighted by atomic mass is 9.82. The van der Waals surface area contributed by atoms with Gasteiger partial charge in [-0.15, -0.1) is 0 Å². The molecular formula is C30H215N3O5. The molecule has 0 unspecified atom stereocenters. The smallest absolute Gasteiger partial charge is 0.343 e. The van der Waals surface area contributed by atoms with Crippen molar-refractivity contribution in [1.29, 1.82) is 0 Å².